The molecule has 0 saturated carbocycles. The fourth-order valence-corrected chi connectivity index (χ4v) is 3.69. The topological polar surface area (TPSA) is 49.4 Å². The summed E-state index contributed by atoms with van der Waals surface area (Å²) in [6.07, 6.45) is 0.395. The maximum absolute atomic E-state index is 13.4. The highest BCUT2D eigenvalue weighted by Gasteiger charge is 2.36. The molecule has 1 atom stereocenters. The Morgan fingerprint density at radius 3 is 2.52 bits per heavy atom. The van der Waals surface area contributed by atoms with Crippen LogP contribution in [0.3, 0.4) is 0 Å². The molecule has 4 nitrogen and oxygen atoms in total. The van der Waals surface area contributed by atoms with Crippen molar-refractivity contribution in [3.05, 3.63) is 101 Å². The van der Waals surface area contributed by atoms with Gasteiger partial charge in [0, 0.05) is 24.2 Å². The summed E-state index contributed by atoms with van der Waals surface area (Å²) in [6.45, 7) is 2.13. The van der Waals surface area contributed by atoms with E-state index in [1.807, 2.05) is 48.5 Å². The summed E-state index contributed by atoms with van der Waals surface area (Å²) < 4.78 is 13.4. The molecule has 1 heterocycles. The standard InChI is InChI=1S/C24H21FN2O2/c1-16-13-19(25)11-12-21(16)26-23(28)22(14-17-7-3-2-4-8-17)27-15-18-9-5-6-10-20(18)24(27)29/h2-13,22H,14-15H2,1H3,(H,26,28). The van der Waals surface area contributed by atoms with E-state index in [9.17, 15) is 14.0 Å². The van der Waals surface area contributed by atoms with Crippen LogP contribution in [0.4, 0.5) is 10.1 Å². The van der Waals surface area contributed by atoms with Crippen LogP contribution in [0.25, 0.3) is 0 Å². The number of aryl methyl sites for hydroxylation is 1. The molecule has 1 aliphatic heterocycles. The predicted molar refractivity (Wildman–Crippen MR) is 110 cm³/mol. The summed E-state index contributed by atoms with van der Waals surface area (Å²) in [6, 6.07) is 20.6. The molecule has 2 amide bonds. The molecule has 0 aliphatic carbocycles. The molecule has 0 bridgehead atoms. The SMILES string of the molecule is Cc1cc(F)ccc1NC(=O)C(Cc1ccccc1)N1Cc2ccccc2C1=O. The number of nitrogens with one attached hydrogen (secondary N) is 1. The van der Waals surface area contributed by atoms with Gasteiger partial charge < -0.3 is 10.2 Å². The van der Waals surface area contributed by atoms with Gasteiger partial charge in [-0.2, -0.15) is 0 Å². The quantitative estimate of drug-likeness (QED) is 0.707. The summed E-state index contributed by atoms with van der Waals surface area (Å²) in [4.78, 5) is 27.8. The zero-order chi connectivity index (χ0) is 20.4. The van der Waals surface area contributed by atoms with E-state index in [-0.39, 0.29) is 17.6 Å². The first-order valence-corrected chi connectivity index (χ1v) is 9.53. The van der Waals surface area contributed by atoms with Gasteiger partial charge in [0.05, 0.1) is 0 Å². The van der Waals surface area contributed by atoms with Crippen LogP contribution in [0.2, 0.25) is 0 Å². The zero-order valence-corrected chi connectivity index (χ0v) is 16.1. The van der Waals surface area contributed by atoms with Gasteiger partial charge in [-0.1, -0.05) is 48.5 Å². The number of carbonyl (C=O) groups excluding carboxylic acids is 2. The van der Waals surface area contributed by atoms with Crippen LogP contribution < -0.4 is 5.32 Å². The summed E-state index contributed by atoms with van der Waals surface area (Å²) in [5, 5.41) is 2.88. The number of carbonyl (C=O) groups is 2. The summed E-state index contributed by atoms with van der Waals surface area (Å²) in [5.41, 5.74) is 3.69. The number of fused-ring (bicyclic) bond motifs is 1. The molecule has 1 N–H and O–H groups in total. The van der Waals surface area contributed by atoms with Crippen LogP contribution in [0.5, 0.6) is 0 Å². The van der Waals surface area contributed by atoms with E-state index in [4.69, 9.17) is 0 Å². The Bertz CT molecular complexity index is 1070. The second-order valence-corrected chi connectivity index (χ2v) is 7.24. The van der Waals surface area contributed by atoms with E-state index in [0.717, 1.165) is 11.1 Å². The normalized spacial score (nSPS) is 13.9. The van der Waals surface area contributed by atoms with E-state index in [0.29, 0.717) is 29.8 Å². The maximum Gasteiger partial charge on any atom is 0.255 e. The van der Waals surface area contributed by atoms with Crippen LogP contribution >= 0.6 is 0 Å². The molecule has 0 aromatic heterocycles. The second kappa shape index (κ2) is 7.87. The summed E-state index contributed by atoms with van der Waals surface area (Å²) in [7, 11) is 0. The van der Waals surface area contributed by atoms with E-state index >= 15 is 0 Å². The fourth-order valence-electron chi connectivity index (χ4n) is 3.69. The summed E-state index contributed by atoms with van der Waals surface area (Å²) in [5.74, 6) is -0.788. The van der Waals surface area contributed by atoms with Gasteiger partial charge in [-0.25, -0.2) is 4.39 Å². The van der Waals surface area contributed by atoms with Crippen molar-refractivity contribution in [3.8, 4) is 0 Å². The van der Waals surface area contributed by atoms with Crippen LogP contribution in [0, 0.1) is 12.7 Å². The van der Waals surface area contributed by atoms with Crippen LogP contribution in [-0.4, -0.2) is 22.8 Å². The van der Waals surface area contributed by atoms with E-state index in [1.54, 1.807) is 24.0 Å². The van der Waals surface area contributed by atoms with Gasteiger partial charge in [-0.3, -0.25) is 9.59 Å². The van der Waals surface area contributed by atoms with E-state index in [1.165, 1.54) is 12.1 Å². The molecule has 0 saturated heterocycles. The predicted octanol–water partition coefficient (Wildman–Crippen LogP) is 4.34. The molecule has 29 heavy (non-hydrogen) atoms. The number of amides is 2. The highest BCUT2D eigenvalue weighted by atomic mass is 19.1. The average Bonchev–Trinajstić information content (AvgIpc) is 3.05. The van der Waals surface area contributed by atoms with Crippen LogP contribution in [0.15, 0.2) is 72.8 Å². The van der Waals surface area contributed by atoms with E-state index < -0.39 is 6.04 Å². The van der Waals surface area contributed by atoms with Crippen molar-refractivity contribution < 1.29 is 14.0 Å². The maximum atomic E-state index is 13.4. The molecule has 1 aliphatic rings. The third-order valence-electron chi connectivity index (χ3n) is 5.25. The molecule has 0 fully saturated rings. The lowest BCUT2D eigenvalue weighted by Gasteiger charge is -2.27. The summed E-state index contributed by atoms with van der Waals surface area (Å²) >= 11 is 0. The van der Waals surface area contributed by atoms with Crippen molar-refractivity contribution in [1.29, 1.82) is 0 Å². The minimum absolute atomic E-state index is 0.146. The second-order valence-electron chi connectivity index (χ2n) is 7.24. The van der Waals surface area contributed by atoms with Gasteiger partial charge in [0.15, 0.2) is 0 Å². The van der Waals surface area contributed by atoms with Crippen molar-refractivity contribution in [2.45, 2.75) is 25.9 Å². The lowest BCUT2D eigenvalue weighted by Crippen LogP contribution is -2.45. The molecule has 5 heteroatoms. The molecule has 1 unspecified atom stereocenters. The van der Waals surface area contributed by atoms with E-state index in [2.05, 4.69) is 5.32 Å². The Labute approximate surface area is 169 Å². The fraction of sp³-hybridized carbons (Fsp3) is 0.167. The first kappa shape index (κ1) is 18.9. The minimum atomic E-state index is -0.679. The minimum Gasteiger partial charge on any atom is -0.324 e. The molecule has 0 spiro atoms. The average molecular weight is 388 g/mol. The zero-order valence-electron chi connectivity index (χ0n) is 16.1. The van der Waals surface area contributed by atoms with Gasteiger partial charge in [0.25, 0.3) is 5.91 Å². The highest BCUT2D eigenvalue weighted by molar-refractivity contribution is 6.03. The van der Waals surface area contributed by atoms with Crippen molar-refractivity contribution in [2.75, 3.05) is 5.32 Å². The monoisotopic (exact) mass is 388 g/mol. The van der Waals surface area contributed by atoms with Gasteiger partial charge in [0.2, 0.25) is 5.91 Å². The number of benzene rings is 3. The van der Waals surface area contributed by atoms with Crippen LogP contribution in [0.1, 0.15) is 27.0 Å². The number of hydrogen-bond acceptors (Lipinski definition) is 2. The number of rotatable bonds is 5. The number of halogens is 1. The molecule has 4 rings (SSSR count). The Hall–Kier alpha value is -3.47. The first-order valence-electron chi connectivity index (χ1n) is 9.53. The van der Waals surface area contributed by atoms with Crippen molar-refractivity contribution >= 4 is 17.5 Å². The van der Waals surface area contributed by atoms with Gasteiger partial charge in [-0.05, 0) is 47.9 Å². The third kappa shape index (κ3) is 3.90. The number of anilines is 1. The van der Waals surface area contributed by atoms with Crippen molar-refractivity contribution in [2.24, 2.45) is 0 Å². The molecular weight excluding hydrogens is 367 g/mol. The van der Waals surface area contributed by atoms with Gasteiger partial charge in [-0.15, -0.1) is 0 Å². The highest BCUT2D eigenvalue weighted by Crippen LogP contribution is 2.27. The third-order valence-corrected chi connectivity index (χ3v) is 5.25. The molecule has 3 aromatic carbocycles. The molecule has 3 aromatic rings. The largest absolute Gasteiger partial charge is 0.324 e. The van der Waals surface area contributed by atoms with Crippen molar-refractivity contribution in [3.63, 3.8) is 0 Å². The Morgan fingerprint density at radius 2 is 1.79 bits per heavy atom. The Balaban J connectivity index is 1.63. The number of hydrogen-bond donors (Lipinski definition) is 1. The lowest BCUT2D eigenvalue weighted by molar-refractivity contribution is -0.120. The number of nitrogens with zero attached hydrogens (tertiary/aromatic N) is 1. The van der Waals surface area contributed by atoms with Crippen molar-refractivity contribution in [1.82, 2.24) is 4.90 Å². The smallest absolute Gasteiger partial charge is 0.255 e. The first-order chi connectivity index (χ1) is 14.0. The molecular formula is C24H21FN2O2. The lowest BCUT2D eigenvalue weighted by atomic mass is 10.0. The van der Waals surface area contributed by atoms with Gasteiger partial charge in [0.1, 0.15) is 11.9 Å². The Kier molecular flexibility index (Phi) is 5.12. The Morgan fingerprint density at radius 1 is 1.07 bits per heavy atom. The van der Waals surface area contributed by atoms with Gasteiger partial charge >= 0.3 is 0 Å². The van der Waals surface area contributed by atoms with Crippen LogP contribution in [-0.2, 0) is 17.8 Å². The molecule has 146 valence electrons. The molecule has 0 radical (unpaired) electrons.